The maximum absolute atomic E-state index is 11.7. The molecule has 124 valence electrons. The van der Waals surface area contributed by atoms with E-state index in [1.165, 1.54) is 18.3 Å². The molecule has 2 N–H and O–H groups in total. The molecular weight excluding hydrogens is 332 g/mol. The molecule has 0 bridgehead atoms. The number of rotatable bonds is 7. The highest BCUT2D eigenvalue weighted by atomic mass is 32.1. The maximum atomic E-state index is 11.7. The quantitative estimate of drug-likeness (QED) is 0.449. The molecule has 0 aliphatic rings. The van der Waals surface area contributed by atoms with E-state index in [2.05, 4.69) is 15.8 Å². The third-order valence-corrected chi connectivity index (χ3v) is 3.80. The molecule has 2 amide bonds. The summed E-state index contributed by atoms with van der Waals surface area (Å²) in [6.07, 6.45) is 1.50. The summed E-state index contributed by atoms with van der Waals surface area (Å²) in [5, 5.41) is 16.7. The van der Waals surface area contributed by atoms with E-state index in [4.69, 9.17) is 0 Å². The molecule has 0 spiro atoms. The molecular formula is C15H14N4O4S. The molecule has 0 radical (unpaired) electrons. The molecule has 0 saturated carbocycles. The summed E-state index contributed by atoms with van der Waals surface area (Å²) >= 11 is 0.943. The Bertz CT molecular complexity index is 758. The first-order valence-corrected chi connectivity index (χ1v) is 7.73. The predicted molar refractivity (Wildman–Crippen MR) is 89.9 cm³/mol. The monoisotopic (exact) mass is 346 g/mol. The smallest absolute Gasteiger partial charge is 0.324 e. The maximum Gasteiger partial charge on any atom is 0.324 e. The van der Waals surface area contributed by atoms with Gasteiger partial charge in [0, 0.05) is 6.07 Å². The van der Waals surface area contributed by atoms with E-state index < -0.39 is 10.8 Å². The third kappa shape index (κ3) is 5.61. The lowest BCUT2D eigenvalue weighted by Crippen LogP contribution is -2.35. The minimum absolute atomic E-state index is 0.00375. The number of thiophene rings is 1. The summed E-state index contributed by atoms with van der Waals surface area (Å²) in [6.45, 7) is -0.201. The van der Waals surface area contributed by atoms with Gasteiger partial charge in [-0.05, 0) is 11.6 Å². The van der Waals surface area contributed by atoms with E-state index >= 15 is 0 Å². The van der Waals surface area contributed by atoms with E-state index in [0.717, 1.165) is 16.9 Å². The van der Waals surface area contributed by atoms with E-state index in [0.29, 0.717) is 4.88 Å². The number of nitro groups is 1. The molecule has 1 aromatic heterocycles. The summed E-state index contributed by atoms with van der Waals surface area (Å²) < 4.78 is 0. The number of carbonyl (C=O) groups excluding carboxylic acids is 2. The molecule has 0 fully saturated rings. The zero-order chi connectivity index (χ0) is 17.4. The lowest BCUT2D eigenvalue weighted by atomic mass is 10.1. The first-order chi connectivity index (χ1) is 11.5. The number of nitrogens with one attached hydrogen (secondary N) is 2. The molecule has 0 aliphatic heterocycles. The fourth-order valence-electron chi connectivity index (χ4n) is 1.74. The summed E-state index contributed by atoms with van der Waals surface area (Å²) in [6, 6.07) is 12.1. The largest absolute Gasteiger partial charge is 0.347 e. The number of nitrogens with zero attached hydrogens (tertiary/aromatic N) is 2. The number of benzene rings is 1. The Balaban J connectivity index is 1.71. The molecule has 1 aromatic carbocycles. The third-order valence-electron chi connectivity index (χ3n) is 2.83. The second-order valence-corrected chi connectivity index (χ2v) is 5.76. The lowest BCUT2D eigenvalue weighted by molar-refractivity contribution is -0.380. The molecule has 1 heterocycles. The van der Waals surface area contributed by atoms with Gasteiger partial charge in [-0.15, -0.1) is 0 Å². The molecule has 0 unspecified atom stereocenters. The summed E-state index contributed by atoms with van der Waals surface area (Å²) in [4.78, 5) is 33.8. The number of hydrogen-bond donors (Lipinski definition) is 2. The van der Waals surface area contributed by atoms with Gasteiger partial charge in [0.05, 0.1) is 29.0 Å². The van der Waals surface area contributed by atoms with Crippen LogP contribution in [0, 0.1) is 10.1 Å². The van der Waals surface area contributed by atoms with Crippen LogP contribution in [0.2, 0.25) is 0 Å². The molecule has 24 heavy (non-hydrogen) atoms. The van der Waals surface area contributed by atoms with Gasteiger partial charge >= 0.3 is 5.00 Å². The van der Waals surface area contributed by atoms with Crippen LogP contribution in [-0.4, -0.2) is 29.5 Å². The van der Waals surface area contributed by atoms with Crippen LogP contribution in [0.25, 0.3) is 0 Å². The van der Waals surface area contributed by atoms with Crippen molar-refractivity contribution in [3.63, 3.8) is 0 Å². The average molecular weight is 346 g/mol. The molecule has 9 heteroatoms. The Labute approximate surface area is 141 Å². The van der Waals surface area contributed by atoms with Gasteiger partial charge < -0.3 is 5.32 Å². The molecule has 2 rings (SSSR count). The van der Waals surface area contributed by atoms with Crippen molar-refractivity contribution in [1.29, 1.82) is 0 Å². The van der Waals surface area contributed by atoms with Crippen molar-refractivity contribution in [2.75, 3.05) is 6.54 Å². The standard InChI is InChI=1S/C15H14N4O4S/c20-13(8-11-4-2-1-3-5-11)16-10-14(21)18-17-9-12-6-7-15(24-12)19(22)23/h1-7,9H,8,10H2,(H,16,20)(H,18,21)/b17-9+. The Morgan fingerprint density at radius 2 is 1.92 bits per heavy atom. The van der Waals surface area contributed by atoms with Crippen molar-refractivity contribution >= 4 is 34.4 Å². The minimum atomic E-state index is -0.497. The normalized spacial score (nSPS) is 10.5. The average Bonchev–Trinajstić information content (AvgIpc) is 3.03. The fraction of sp³-hybridized carbons (Fsp3) is 0.133. The summed E-state index contributed by atoms with van der Waals surface area (Å²) in [5.41, 5.74) is 3.10. The zero-order valence-corrected chi connectivity index (χ0v) is 13.3. The van der Waals surface area contributed by atoms with Crippen LogP contribution in [0.5, 0.6) is 0 Å². The van der Waals surface area contributed by atoms with Gasteiger partial charge in [0.1, 0.15) is 0 Å². The van der Waals surface area contributed by atoms with Crippen molar-refractivity contribution in [1.82, 2.24) is 10.7 Å². The Morgan fingerprint density at radius 3 is 2.58 bits per heavy atom. The zero-order valence-electron chi connectivity index (χ0n) is 12.5. The Hall–Kier alpha value is -3.07. The van der Waals surface area contributed by atoms with Crippen LogP contribution in [0.4, 0.5) is 5.00 Å². The van der Waals surface area contributed by atoms with Crippen molar-refractivity contribution in [3.8, 4) is 0 Å². The van der Waals surface area contributed by atoms with Crippen LogP contribution in [0.1, 0.15) is 10.4 Å². The summed E-state index contributed by atoms with van der Waals surface area (Å²) in [5.74, 6) is -0.757. The minimum Gasteiger partial charge on any atom is -0.347 e. The van der Waals surface area contributed by atoms with Crippen molar-refractivity contribution in [2.45, 2.75) is 6.42 Å². The highest BCUT2D eigenvalue weighted by Crippen LogP contribution is 2.22. The highest BCUT2D eigenvalue weighted by Gasteiger charge is 2.08. The van der Waals surface area contributed by atoms with Crippen molar-refractivity contribution in [2.24, 2.45) is 5.10 Å². The van der Waals surface area contributed by atoms with Crippen LogP contribution in [0.3, 0.4) is 0 Å². The molecule has 8 nitrogen and oxygen atoms in total. The van der Waals surface area contributed by atoms with Gasteiger partial charge in [-0.25, -0.2) is 5.43 Å². The van der Waals surface area contributed by atoms with Crippen LogP contribution in [-0.2, 0) is 16.0 Å². The predicted octanol–water partition coefficient (Wildman–Crippen LogP) is 1.47. The number of amides is 2. The van der Waals surface area contributed by atoms with Gasteiger partial charge in [-0.3, -0.25) is 19.7 Å². The van der Waals surface area contributed by atoms with Gasteiger partial charge in [0.2, 0.25) is 5.91 Å². The fourth-order valence-corrected chi connectivity index (χ4v) is 2.43. The first kappa shape index (κ1) is 17.3. The summed E-state index contributed by atoms with van der Waals surface area (Å²) in [7, 11) is 0. The molecule has 0 saturated heterocycles. The van der Waals surface area contributed by atoms with Crippen molar-refractivity contribution < 1.29 is 14.5 Å². The second kappa shape index (κ2) is 8.53. The highest BCUT2D eigenvalue weighted by molar-refractivity contribution is 7.16. The van der Waals surface area contributed by atoms with Crippen LogP contribution < -0.4 is 10.7 Å². The SMILES string of the molecule is O=C(Cc1ccccc1)NCC(=O)N/N=C/c1ccc([N+](=O)[O-])s1. The lowest BCUT2D eigenvalue weighted by Gasteiger charge is -2.04. The number of hydrazone groups is 1. The van der Waals surface area contributed by atoms with Gasteiger partial charge in [0.15, 0.2) is 0 Å². The molecule has 0 atom stereocenters. The van der Waals surface area contributed by atoms with Crippen molar-refractivity contribution in [3.05, 3.63) is 63.0 Å². The van der Waals surface area contributed by atoms with E-state index in [1.54, 1.807) is 0 Å². The Morgan fingerprint density at radius 1 is 1.17 bits per heavy atom. The Kier molecular flexibility index (Phi) is 6.15. The number of carbonyl (C=O) groups is 2. The first-order valence-electron chi connectivity index (χ1n) is 6.91. The van der Waals surface area contributed by atoms with Gasteiger partial charge in [-0.2, -0.15) is 5.10 Å². The van der Waals surface area contributed by atoms with Crippen LogP contribution >= 0.6 is 11.3 Å². The van der Waals surface area contributed by atoms with Crippen LogP contribution in [0.15, 0.2) is 47.6 Å². The van der Waals surface area contributed by atoms with Gasteiger partial charge in [-0.1, -0.05) is 41.7 Å². The van der Waals surface area contributed by atoms with E-state index in [9.17, 15) is 19.7 Å². The topological polar surface area (TPSA) is 114 Å². The van der Waals surface area contributed by atoms with E-state index in [1.807, 2.05) is 30.3 Å². The second-order valence-electron chi connectivity index (χ2n) is 4.67. The van der Waals surface area contributed by atoms with E-state index in [-0.39, 0.29) is 23.9 Å². The molecule has 2 aromatic rings. The number of hydrogen-bond acceptors (Lipinski definition) is 6. The van der Waals surface area contributed by atoms with Gasteiger partial charge in [0.25, 0.3) is 5.91 Å². The molecule has 0 aliphatic carbocycles.